The lowest BCUT2D eigenvalue weighted by Crippen LogP contribution is -1.76. The van der Waals surface area contributed by atoms with Gasteiger partial charge in [0.2, 0.25) is 0 Å². The van der Waals surface area contributed by atoms with Crippen molar-refractivity contribution in [2.45, 2.75) is 6.92 Å². The summed E-state index contributed by atoms with van der Waals surface area (Å²) in [5.41, 5.74) is 2.41. The van der Waals surface area contributed by atoms with Gasteiger partial charge in [0, 0.05) is 4.47 Å². The zero-order valence-electron chi connectivity index (χ0n) is 5.89. The van der Waals surface area contributed by atoms with Crippen LogP contribution in [0.4, 0.5) is 0 Å². The Kier molecular flexibility index (Phi) is 2.28. The third-order valence-corrected chi connectivity index (χ3v) is 2.31. The van der Waals surface area contributed by atoms with Crippen LogP contribution in [0.2, 0.25) is 0 Å². The van der Waals surface area contributed by atoms with Gasteiger partial charge in [-0.25, -0.2) is 0 Å². The first-order valence-corrected chi connectivity index (χ1v) is 3.92. The first-order valence-electron chi connectivity index (χ1n) is 3.12. The largest absolute Gasteiger partial charge is 0.0985 e. The Morgan fingerprint density at radius 2 is 2.20 bits per heavy atom. The molecule has 10 heavy (non-hydrogen) atoms. The Morgan fingerprint density at radius 1 is 1.50 bits per heavy atom. The number of rotatable bonds is 1. The summed E-state index contributed by atoms with van der Waals surface area (Å²) in [5, 5.41) is 0. The Morgan fingerprint density at radius 3 is 2.70 bits per heavy atom. The fourth-order valence-electron chi connectivity index (χ4n) is 0.795. The van der Waals surface area contributed by atoms with E-state index >= 15 is 0 Å². The minimum atomic E-state index is 1.15. The number of hydrogen-bond acceptors (Lipinski definition) is 0. The smallest absolute Gasteiger partial charge is 0.0204 e. The van der Waals surface area contributed by atoms with Gasteiger partial charge in [-0.2, -0.15) is 0 Å². The van der Waals surface area contributed by atoms with Crippen LogP contribution >= 0.6 is 15.9 Å². The standard InChI is InChI=1S/C9H9Br/c1-3-8-4-5-9(10)7(2)6-8/h3-6H,1H2,2H3. The molecule has 1 aromatic carbocycles. The van der Waals surface area contributed by atoms with Gasteiger partial charge in [0.15, 0.2) is 0 Å². The van der Waals surface area contributed by atoms with Crippen molar-refractivity contribution < 1.29 is 0 Å². The monoisotopic (exact) mass is 196 g/mol. The lowest BCUT2D eigenvalue weighted by Gasteiger charge is -1.97. The highest BCUT2D eigenvalue weighted by atomic mass is 79.9. The third kappa shape index (κ3) is 1.48. The van der Waals surface area contributed by atoms with Crippen LogP contribution in [0, 0.1) is 6.92 Å². The van der Waals surface area contributed by atoms with Gasteiger partial charge in [-0.05, 0) is 24.1 Å². The van der Waals surface area contributed by atoms with E-state index in [4.69, 9.17) is 0 Å². The lowest BCUT2D eigenvalue weighted by atomic mass is 10.1. The number of hydrogen-bond donors (Lipinski definition) is 0. The summed E-state index contributed by atoms with van der Waals surface area (Å²) < 4.78 is 1.15. The topological polar surface area (TPSA) is 0 Å². The highest BCUT2D eigenvalue weighted by Gasteiger charge is 1.92. The summed E-state index contributed by atoms with van der Waals surface area (Å²) in [6, 6.07) is 6.16. The highest BCUT2D eigenvalue weighted by molar-refractivity contribution is 9.10. The molecule has 0 radical (unpaired) electrons. The molecular weight excluding hydrogens is 188 g/mol. The SMILES string of the molecule is C=Cc1ccc(Br)c(C)c1. The molecule has 0 N–H and O–H groups in total. The molecule has 0 aliphatic carbocycles. The molecule has 0 saturated carbocycles. The minimum Gasteiger partial charge on any atom is -0.0985 e. The van der Waals surface area contributed by atoms with Crippen molar-refractivity contribution in [3.63, 3.8) is 0 Å². The summed E-state index contributed by atoms with van der Waals surface area (Å²) in [6.45, 7) is 5.75. The van der Waals surface area contributed by atoms with Gasteiger partial charge < -0.3 is 0 Å². The van der Waals surface area contributed by atoms with E-state index in [9.17, 15) is 0 Å². The molecule has 0 fully saturated rings. The first kappa shape index (κ1) is 7.55. The Labute approximate surface area is 69.7 Å². The second-order valence-electron chi connectivity index (χ2n) is 2.21. The maximum absolute atomic E-state index is 3.69. The van der Waals surface area contributed by atoms with Crippen molar-refractivity contribution >= 4 is 22.0 Å². The average molecular weight is 197 g/mol. The van der Waals surface area contributed by atoms with Crippen LogP contribution in [0.3, 0.4) is 0 Å². The first-order chi connectivity index (χ1) is 4.74. The Bertz CT molecular complexity index is 251. The van der Waals surface area contributed by atoms with Crippen molar-refractivity contribution in [2.24, 2.45) is 0 Å². The van der Waals surface area contributed by atoms with Gasteiger partial charge in [0.25, 0.3) is 0 Å². The average Bonchev–Trinajstić information content (AvgIpc) is 1.95. The molecule has 52 valence electrons. The lowest BCUT2D eigenvalue weighted by molar-refractivity contribution is 1.42. The highest BCUT2D eigenvalue weighted by Crippen LogP contribution is 2.17. The number of aryl methyl sites for hydroxylation is 1. The van der Waals surface area contributed by atoms with Gasteiger partial charge in [-0.3, -0.25) is 0 Å². The summed E-state index contributed by atoms with van der Waals surface area (Å²) >= 11 is 3.42. The second kappa shape index (κ2) is 3.02. The molecule has 1 heteroatoms. The van der Waals surface area contributed by atoms with E-state index in [1.165, 1.54) is 11.1 Å². The van der Waals surface area contributed by atoms with Crippen LogP contribution in [-0.4, -0.2) is 0 Å². The molecule has 0 heterocycles. The zero-order valence-corrected chi connectivity index (χ0v) is 7.48. The number of benzene rings is 1. The van der Waals surface area contributed by atoms with Gasteiger partial charge in [-0.1, -0.05) is 40.7 Å². The molecule has 0 aromatic heterocycles. The van der Waals surface area contributed by atoms with Crippen molar-refractivity contribution in [3.05, 3.63) is 40.4 Å². The van der Waals surface area contributed by atoms with Gasteiger partial charge in [-0.15, -0.1) is 0 Å². The normalized spacial score (nSPS) is 9.40. The van der Waals surface area contributed by atoms with Crippen LogP contribution < -0.4 is 0 Å². The number of halogens is 1. The van der Waals surface area contributed by atoms with E-state index in [1.54, 1.807) is 0 Å². The molecule has 0 atom stereocenters. The molecule has 0 spiro atoms. The van der Waals surface area contributed by atoms with E-state index in [0.29, 0.717) is 0 Å². The molecule has 0 aliphatic rings. The molecule has 0 nitrogen and oxygen atoms in total. The van der Waals surface area contributed by atoms with Crippen molar-refractivity contribution in [3.8, 4) is 0 Å². The Balaban J connectivity index is 3.16. The second-order valence-corrected chi connectivity index (χ2v) is 3.07. The maximum atomic E-state index is 3.69. The fraction of sp³-hybridized carbons (Fsp3) is 0.111. The summed E-state index contributed by atoms with van der Waals surface area (Å²) in [6.07, 6.45) is 1.85. The summed E-state index contributed by atoms with van der Waals surface area (Å²) in [4.78, 5) is 0. The van der Waals surface area contributed by atoms with Gasteiger partial charge in [0.05, 0.1) is 0 Å². The molecule has 0 aliphatic heterocycles. The van der Waals surface area contributed by atoms with Crippen LogP contribution in [0.5, 0.6) is 0 Å². The summed E-state index contributed by atoms with van der Waals surface area (Å²) in [7, 11) is 0. The van der Waals surface area contributed by atoms with Crippen LogP contribution in [0.15, 0.2) is 29.3 Å². The van der Waals surface area contributed by atoms with Crippen LogP contribution in [0.25, 0.3) is 6.08 Å². The maximum Gasteiger partial charge on any atom is 0.0204 e. The molecule has 0 bridgehead atoms. The molecule has 0 amide bonds. The van der Waals surface area contributed by atoms with E-state index in [1.807, 2.05) is 18.2 Å². The summed E-state index contributed by atoms with van der Waals surface area (Å²) in [5.74, 6) is 0. The van der Waals surface area contributed by atoms with Crippen molar-refractivity contribution in [2.75, 3.05) is 0 Å². The van der Waals surface area contributed by atoms with E-state index in [0.717, 1.165) is 4.47 Å². The third-order valence-electron chi connectivity index (χ3n) is 1.42. The molecule has 1 rings (SSSR count). The zero-order chi connectivity index (χ0) is 7.56. The van der Waals surface area contributed by atoms with E-state index in [-0.39, 0.29) is 0 Å². The minimum absolute atomic E-state index is 1.15. The fourth-order valence-corrected chi connectivity index (χ4v) is 1.04. The van der Waals surface area contributed by atoms with Crippen LogP contribution in [0.1, 0.15) is 11.1 Å². The molecular formula is C9H9Br. The molecule has 0 saturated heterocycles. The van der Waals surface area contributed by atoms with Crippen molar-refractivity contribution in [1.29, 1.82) is 0 Å². The van der Waals surface area contributed by atoms with Crippen LogP contribution in [-0.2, 0) is 0 Å². The molecule has 0 unspecified atom stereocenters. The van der Waals surface area contributed by atoms with Gasteiger partial charge >= 0.3 is 0 Å². The predicted molar refractivity (Wildman–Crippen MR) is 49.0 cm³/mol. The molecule has 1 aromatic rings. The van der Waals surface area contributed by atoms with E-state index < -0.39 is 0 Å². The Hall–Kier alpha value is -0.560. The van der Waals surface area contributed by atoms with E-state index in [2.05, 4.69) is 35.5 Å². The quantitative estimate of drug-likeness (QED) is 0.647. The predicted octanol–water partition coefficient (Wildman–Crippen LogP) is 3.40. The van der Waals surface area contributed by atoms with Crippen molar-refractivity contribution in [1.82, 2.24) is 0 Å². The van der Waals surface area contributed by atoms with Gasteiger partial charge in [0.1, 0.15) is 0 Å².